The van der Waals surface area contributed by atoms with Gasteiger partial charge in [0.05, 0.1) is 18.6 Å². The number of carboxylic acids is 1. The fourth-order valence-corrected chi connectivity index (χ4v) is 2.54. The van der Waals surface area contributed by atoms with E-state index < -0.39 is 11.8 Å². The molecule has 2 rings (SSSR count). The Balaban J connectivity index is 2.00. The zero-order chi connectivity index (χ0) is 10.9. The van der Waals surface area contributed by atoms with Crippen molar-refractivity contribution in [2.24, 2.45) is 0 Å². The van der Waals surface area contributed by atoms with Crippen molar-refractivity contribution in [2.45, 2.75) is 63.4 Å². The maximum absolute atomic E-state index is 10.7. The van der Waals surface area contributed by atoms with Crippen LogP contribution < -0.4 is 0 Å². The molecule has 1 heterocycles. The highest BCUT2D eigenvalue weighted by atomic mass is 16.8. The summed E-state index contributed by atoms with van der Waals surface area (Å²) in [7, 11) is 0. The number of hydrogen-bond donors (Lipinski definition) is 1. The molecule has 0 amide bonds. The fourth-order valence-electron chi connectivity index (χ4n) is 2.54. The van der Waals surface area contributed by atoms with Crippen molar-refractivity contribution < 1.29 is 19.4 Å². The molecular formula is C11H18O4. The Labute approximate surface area is 89.6 Å². The molecular weight excluding hydrogens is 196 g/mol. The quantitative estimate of drug-likeness (QED) is 0.763. The molecule has 4 heteroatoms. The third-order valence-corrected chi connectivity index (χ3v) is 3.17. The van der Waals surface area contributed by atoms with E-state index in [2.05, 4.69) is 0 Å². The topological polar surface area (TPSA) is 55.8 Å². The minimum atomic E-state index is -0.904. The van der Waals surface area contributed by atoms with Crippen molar-refractivity contribution in [3.8, 4) is 0 Å². The Bertz CT molecular complexity index is 237. The number of ether oxygens (including phenoxy) is 2. The van der Waals surface area contributed by atoms with Gasteiger partial charge in [-0.15, -0.1) is 0 Å². The minimum absolute atomic E-state index is 0.0694. The predicted octanol–water partition coefficient (Wildman–Crippen LogP) is 1.93. The smallest absolute Gasteiger partial charge is 0.308 e. The fraction of sp³-hybridized carbons (Fsp3) is 0.909. The summed E-state index contributed by atoms with van der Waals surface area (Å²) in [6, 6.07) is 0. The average Bonchev–Trinajstić information content (AvgIpc) is 2.30. The molecule has 1 aliphatic carbocycles. The third kappa shape index (κ3) is 2.49. The van der Waals surface area contributed by atoms with Gasteiger partial charge >= 0.3 is 5.97 Å². The highest BCUT2D eigenvalue weighted by Crippen LogP contribution is 2.37. The van der Waals surface area contributed by atoms with Crippen LogP contribution in [0, 0.1) is 0 Å². The molecule has 1 saturated heterocycles. The molecule has 0 bridgehead atoms. The maximum atomic E-state index is 10.7. The standard InChI is InChI=1S/C11H18O4/c1-11(7-10(12)13)14-8-5-3-2-4-6-9(8)15-11/h8-9H,2-7H2,1H3,(H,12,13). The van der Waals surface area contributed by atoms with Gasteiger partial charge in [-0.3, -0.25) is 4.79 Å². The van der Waals surface area contributed by atoms with E-state index in [0.717, 1.165) is 25.7 Å². The van der Waals surface area contributed by atoms with Gasteiger partial charge in [-0.05, 0) is 19.8 Å². The van der Waals surface area contributed by atoms with Crippen LogP contribution in [0.15, 0.2) is 0 Å². The number of aliphatic carboxylic acids is 1. The molecule has 0 aromatic rings. The second-order valence-electron chi connectivity index (χ2n) is 4.65. The zero-order valence-electron chi connectivity index (χ0n) is 9.07. The van der Waals surface area contributed by atoms with E-state index in [-0.39, 0.29) is 18.6 Å². The Morgan fingerprint density at radius 2 is 1.80 bits per heavy atom. The van der Waals surface area contributed by atoms with Gasteiger partial charge in [0.1, 0.15) is 0 Å². The number of carbonyl (C=O) groups is 1. The van der Waals surface area contributed by atoms with Crippen LogP contribution >= 0.6 is 0 Å². The van der Waals surface area contributed by atoms with E-state index >= 15 is 0 Å². The first-order valence-corrected chi connectivity index (χ1v) is 5.66. The summed E-state index contributed by atoms with van der Waals surface area (Å²) in [5.74, 6) is -1.77. The van der Waals surface area contributed by atoms with Gasteiger partial charge in [-0.1, -0.05) is 19.3 Å². The van der Waals surface area contributed by atoms with E-state index in [0.29, 0.717) is 0 Å². The van der Waals surface area contributed by atoms with Crippen LogP contribution in [-0.4, -0.2) is 29.1 Å². The van der Waals surface area contributed by atoms with Crippen molar-refractivity contribution in [3.05, 3.63) is 0 Å². The molecule has 2 atom stereocenters. The lowest BCUT2D eigenvalue weighted by Gasteiger charge is -2.21. The minimum Gasteiger partial charge on any atom is -0.481 e. The molecule has 2 fully saturated rings. The highest BCUT2D eigenvalue weighted by molar-refractivity contribution is 5.67. The van der Waals surface area contributed by atoms with E-state index in [1.807, 2.05) is 0 Å². The number of hydrogen-bond acceptors (Lipinski definition) is 3. The number of fused-ring (bicyclic) bond motifs is 1. The van der Waals surface area contributed by atoms with Crippen LogP contribution in [0.25, 0.3) is 0 Å². The number of carboxylic acid groups (broad SMARTS) is 1. The van der Waals surface area contributed by atoms with Crippen LogP contribution in [0.4, 0.5) is 0 Å². The summed E-state index contributed by atoms with van der Waals surface area (Å²) >= 11 is 0. The van der Waals surface area contributed by atoms with Crippen molar-refractivity contribution in [1.29, 1.82) is 0 Å². The SMILES string of the molecule is CC1(CC(=O)O)OC2CCCCCC2O1. The Hall–Kier alpha value is -0.610. The second kappa shape index (κ2) is 4.10. The first-order chi connectivity index (χ1) is 7.09. The molecule has 86 valence electrons. The molecule has 0 aromatic heterocycles. The van der Waals surface area contributed by atoms with Crippen molar-refractivity contribution in [2.75, 3.05) is 0 Å². The van der Waals surface area contributed by atoms with Gasteiger partial charge in [0, 0.05) is 0 Å². The molecule has 1 N–H and O–H groups in total. The van der Waals surface area contributed by atoms with Gasteiger partial charge in [-0.2, -0.15) is 0 Å². The summed E-state index contributed by atoms with van der Waals surface area (Å²) in [6.07, 6.45) is 5.70. The lowest BCUT2D eigenvalue weighted by Crippen LogP contribution is -2.30. The van der Waals surface area contributed by atoms with Crippen LogP contribution in [0.3, 0.4) is 0 Å². The molecule has 2 aliphatic rings. The highest BCUT2D eigenvalue weighted by Gasteiger charge is 2.45. The Morgan fingerprint density at radius 3 is 2.27 bits per heavy atom. The van der Waals surface area contributed by atoms with Crippen LogP contribution in [0.5, 0.6) is 0 Å². The van der Waals surface area contributed by atoms with Crippen molar-refractivity contribution in [1.82, 2.24) is 0 Å². The van der Waals surface area contributed by atoms with Crippen LogP contribution in [-0.2, 0) is 14.3 Å². The first-order valence-electron chi connectivity index (χ1n) is 5.66. The van der Waals surface area contributed by atoms with Crippen molar-refractivity contribution >= 4 is 5.97 Å². The zero-order valence-corrected chi connectivity index (χ0v) is 9.07. The summed E-state index contributed by atoms with van der Waals surface area (Å²) in [5.41, 5.74) is 0. The van der Waals surface area contributed by atoms with Gasteiger partial charge in [0.25, 0.3) is 0 Å². The van der Waals surface area contributed by atoms with Gasteiger partial charge in [0.15, 0.2) is 5.79 Å². The average molecular weight is 214 g/mol. The summed E-state index contributed by atoms with van der Waals surface area (Å²) in [6.45, 7) is 1.73. The summed E-state index contributed by atoms with van der Waals surface area (Å²) in [4.78, 5) is 10.7. The largest absolute Gasteiger partial charge is 0.481 e. The Kier molecular flexibility index (Phi) is 2.98. The Morgan fingerprint density at radius 1 is 1.27 bits per heavy atom. The third-order valence-electron chi connectivity index (χ3n) is 3.17. The first kappa shape index (κ1) is 10.9. The monoisotopic (exact) mass is 214 g/mol. The normalized spacial score (nSPS) is 40.9. The lowest BCUT2D eigenvalue weighted by molar-refractivity contribution is -0.181. The van der Waals surface area contributed by atoms with E-state index in [1.165, 1.54) is 6.42 Å². The molecule has 0 aromatic carbocycles. The second-order valence-corrected chi connectivity index (χ2v) is 4.65. The lowest BCUT2D eigenvalue weighted by atomic mass is 10.1. The predicted molar refractivity (Wildman–Crippen MR) is 53.5 cm³/mol. The summed E-state index contributed by atoms with van der Waals surface area (Å²) < 4.78 is 11.5. The summed E-state index contributed by atoms with van der Waals surface area (Å²) in [5, 5.41) is 8.77. The van der Waals surface area contributed by atoms with Gasteiger partial charge in [-0.25, -0.2) is 0 Å². The molecule has 0 spiro atoms. The van der Waals surface area contributed by atoms with E-state index in [9.17, 15) is 4.79 Å². The van der Waals surface area contributed by atoms with Gasteiger partial charge < -0.3 is 14.6 Å². The van der Waals surface area contributed by atoms with Crippen LogP contribution in [0.2, 0.25) is 0 Å². The molecule has 0 radical (unpaired) electrons. The number of rotatable bonds is 2. The molecule has 1 saturated carbocycles. The maximum Gasteiger partial charge on any atom is 0.308 e. The molecule has 1 aliphatic heterocycles. The molecule has 2 unspecified atom stereocenters. The van der Waals surface area contributed by atoms with Gasteiger partial charge in [0.2, 0.25) is 0 Å². The molecule has 15 heavy (non-hydrogen) atoms. The van der Waals surface area contributed by atoms with E-state index in [1.54, 1.807) is 6.92 Å². The van der Waals surface area contributed by atoms with E-state index in [4.69, 9.17) is 14.6 Å². The van der Waals surface area contributed by atoms with Crippen molar-refractivity contribution in [3.63, 3.8) is 0 Å². The van der Waals surface area contributed by atoms with Crippen LogP contribution in [0.1, 0.15) is 45.4 Å². The molecule has 4 nitrogen and oxygen atoms in total.